The lowest BCUT2D eigenvalue weighted by Gasteiger charge is -2.24. The van der Waals surface area contributed by atoms with Crippen molar-refractivity contribution in [3.8, 4) is 0 Å². The van der Waals surface area contributed by atoms with Crippen molar-refractivity contribution >= 4 is 21.6 Å². The Labute approximate surface area is 99.6 Å². The molecule has 82 valence electrons. The number of rotatable bonds is 2. The molecule has 1 saturated heterocycles. The van der Waals surface area contributed by atoms with Crippen LogP contribution in [0.4, 0.5) is 5.69 Å². The predicted molar refractivity (Wildman–Crippen MR) is 68.1 cm³/mol. The molecule has 2 nitrogen and oxygen atoms in total. The van der Waals surface area contributed by atoms with Crippen molar-refractivity contribution in [3.63, 3.8) is 0 Å². The van der Waals surface area contributed by atoms with Crippen molar-refractivity contribution in [1.29, 1.82) is 0 Å². The summed E-state index contributed by atoms with van der Waals surface area (Å²) < 4.78 is 1.12. The van der Waals surface area contributed by atoms with Gasteiger partial charge in [0.1, 0.15) is 0 Å². The highest BCUT2D eigenvalue weighted by Crippen LogP contribution is 2.28. The minimum Gasteiger partial charge on any atom is -0.369 e. The molecular formula is C12H17BrN2. The van der Waals surface area contributed by atoms with Gasteiger partial charge in [-0.3, -0.25) is 0 Å². The Hall–Kier alpha value is -0.540. The van der Waals surface area contributed by atoms with E-state index in [4.69, 9.17) is 5.73 Å². The van der Waals surface area contributed by atoms with E-state index >= 15 is 0 Å². The van der Waals surface area contributed by atoms with E-state index in [1.54, 1.807) is 0 Å². The second kappa shape index (κ2) is 4.54. The fourth-order valence-electron chi connectivity index (χ4n) is 2.23. The largest absolute Gasteiger partial charge is 0.369 e. The summed E-state index contributed by atoms with van der Waals surface area (Å²) in [6.45, 7) is 4.06. The Morgan fingerprint density at radius 3 is 2.87 bits per heavy atom. The highest BCUT2D eigenvalue weighted by Gasteiger charge is 2.20. The Bertz CT molecular complexity index is 351. The van der Waals surface area contributed by atoms with E-state index < -0.39 is 0 Å². The van der Waals surface area contributed by atoms with Gasteiger partial charge in [-0.05, 0) is 43.5 Å². The van der Waals surface area contributed by atoms with Gasteiger partial charge in [0.25, 0.3) is 0 Å². The molecule has 1 atom stereocenters. The van der Waals surface area contributed by atoms with E-state index in [2.05, 4.69) is 46.0 Å². The Morgan fingerprint density at radius 1 is 1.47 bits per heavy atom. The van der Waals surface area contributed by atoms with Crippen LogP contribution in [0, 0.1) is 0 Å². The molecule has 0 saturated carbocycles. The van der Waals surface area contributed by atoms with Crippen LogP contribution in [0.25, 0.3) is 0 Å². The van der Waals surface area contributed by atoms with Crippen LogP contribution in [-0.4, -0.2) is 12.6 Å². The van der Waals surface area contributed by atoms with Gasteiger partial charge < -0.3 is 10.6 Å². The summed E-state index contributed by atoms with van der Waals surface area (Å²) in [5.74, 6) is 0. The second-order valence-corrected chi connectivity index (χ2v) is 5.12. The zero-order valence-corrected chi connectivity index (χ0v) is 10.6. The first-order valence-corrected chi connectivity index (χ1v) is 6.26. The lowest BCUT2D eigenvalue weighted by atomic mass is 10.1. The molecule has 1 aliphatic heterocycles. The molecule has 0 radical (unpaired) electrons. The SMILES string of the molecule is CC1CCCN1c1cc(Br)cc(CN)c1. The number of nitrogens with zero attached hydrogens (tertiary/aromatic N) is 1. The average Bonchev–Trinajstić information content (AvgIpc) is 2.63. The molecule has 3 heteroatoms. The Kier molecular flexibility index (Phi) is 3.32. The summed E-state index contributed by atoms with van der Waals surface area (Å²) >= 11 is 3.54. The summed E-state index contributed by atoms with van der Waals surface area (Å²) in [4.78, 5) is 2.46. The zero-order valence-electron chi connectivity index (χ0n) is 9.04. The van der Waals surface area contributed by atoms with Crippen molar-refractivity contribution in [2.75, 3.05) is 11.4 Å². The molecule has 0 spiro atoms. The monoisotopic (exact) mass is 268 g/mol. The predicted octanol–water partition coefficient (Wildman–Crippen LogP) is 2.90. The Balaban J connectivity index is 2.30. The Morgan fingerprint density at radius 2 is 2.27 bits per heavy atom. The van der Waals surface area contributed by atoms with E-state index in [0.717, 1.165) is 4.47 Å². The number of nitrogens with two attached hydrogens (primary N) is 1. The third kappa shape index (κ3) is 2.34. The molecule has 0 aliphatic carbocycles. The molecule has 1 unspecified atom stereocenters. The minimum absolute atomic E-state index is 0.606. The standard InChI is InChI=1S/C12H17BrN2/c1-9-3-2-4-15(9)12-6-10(8-14)5-11(13)7-12/h5-7,9H,2-4,8,14H2,1H3. The summed E-state index contributed by atoms with van der Waals surface area (Å²) in [6, 6.07) is 7.13. The summed E-state index contributed by atoms with van der Waals surface area (Å²) in [7, 11) is 0. The quantitative estimate of drug-likeness (QED) is 0.894. The van der Waals surface area contributed by atoms with Crippen LogP contribution in [0.5, 0.6) is 0 Å². The topological polar surface area (TPSA) is 29.3 Å². The molecule has 1 aliphatic rings. The first-order chi connectivity index (χ1) is 7.20. The van der Waals surface area contributed by atoms with Crippen LogP contribution in [0.3, 0.4) is 0 Å². The number of halogens is 1. The lowest BCUT2D eigenvalue weighted by molar-refractivity contribution is 0.734. The minimum atomic E-state index is 0.606. The zero-order chi connectivity index (χ0) is 10.8. The van der Waals surface area contributed by atoms with Gasteiger partial charge in [-0.2, -0.15) is 0 Å². The van der Waals surface area contributed by atoms with Gasteiger partial charge >= 0.3 is 0 Å². The maximum atomic E-state index is 5.68. The van der Waals surface area contributed by atoms with Crippen LogP contribution in [0.2, 0.25) is 0 Å². The molecule has 2 N–H and O–H groups in total. The number of hydrogen-bond acceptors (Lipinski definition) is 2. The maximum absolute atomic E-state index is 5.68. The van der Waals surface area contributed by atoms with Gasteiger partial charge in [-0.1, -0.05) is 15.9 Å². The van der Waals surface area contributed by atoms with Crippen LogP contribution < -0.4 is 10.6 Å². The highest BCUT2D eigenvalue weighted by molar-refractivity contribution is 9.10. The summed E-state index contributed by atoms with van der Waals surface area (Å²) in [5.41, 5.74) is 8.18. The summed E-state index contributed by atoms with van der Waals surface area (Å²) in [5, 5.41) is 0. The van der Waals surface area contributed by atoms with Crippen molar-refractivity contribution in [2.45, 2.75) is 32.4 Å². The molecule has 0 bridgehead atoms. The van der Waals surface area contributed by atoms with Crippen molar-refractivity contribution in [3.05, 3.63) is 28.2 Å². The highest BCUT2D eigenvalue weighted by atomic mass is 79.9. The molecule has 0 amide bonds. The molecule has 1 heterocycles. The third-order valence-corrected chi connectivity index (χ3v) is 3.52. The van der Waals surface area contributed by atoms with E-state index in [1.807, 2.05) is 0 Å². The van der Waals surface area contributed by atoms with E-state index in [-0.39, 0.29) is 0 Å². The maximum Gasteiger partial charge on any atom is 0.0383 e. The van der Waals surface area contributed by atoms with Crippen molar-refractivity contribution in [2.24, 2.45) is 5.73 Å². The average molecular weight is 269 g/mol. The van der Waals surface area contributed by atoms with Gasteiger partial charge in [0.2, 0.25) is 0 Å². The van der Waals surface area contributed by atoms with Crippen LogP contribution >= 0.6 is 15.9 Å². The van der Waals surface area contributed by atoms with E-state index in [0.29, 0.717) is 12.6 Å². The molecular weight excluding hydrogens is 252 g/mol. The normalized spacial score (nSPS) is 21.0. The van der Waals surface area contributed by atoms with E-state index in [1.165, 1.54) is 30.6 Å². The van der Waals surface area contributed by atoms with Gasteiger partial charge in [0, 0.05) is 29.3 Å². The molecule has 1 fully saturated rings. The lowest BCUT2D eigenvalue weighted by Crippen LogP contribution is -2.26. The smallest absolute Gasteiger partial charge is 0.0383 e. The first-order valence-electron chi connectivity index (χ1n) is 5.47. The van der Waals surface area contributed by atoms with Crippen LogP contribution in [0.1, 0.15) is 25.3 Å². The molecule has 15 heavy (non-hydrogen) atoms. The molecule has 0 aromatic heterocycles. The fraction of sp³-hybridized carbons (Fsp3) is 0.500. The number of anilines is 1. The summed E-state index contributed by atoms with van der Waals surface area (Å²) in [6.07, 6.45) is 2.59. The second-order valence-electron chi connectivity index (χ2n) is 4.21. The van der Waals surface area contributed by atoms with Gasteiger partial charge in [0.15, 0.2) is 0 Å². The van der Waals surface area contributed by atoms with Gasteiger partial charge in [-0.25, -0.2) is 0 Å². The molecule has 1 aromatic carbocycles. The van der Waals surface area contributed by atoms with Gasteiger partial charge in [-0.15, -0.1) is 0 Å². The van der Waals surface area contributed by atoms with Crippen LogP contribution in [-0.2, 0) is 6.54 Å². The van der Waals surface area contributed by atoms with E-state index in [9.17, 15) is 0 Å². The third-order valence-electron chi connectivity index (χ3n) is 3.06. The molecule has 1 aromatic rings. The van der Waals surface area contributed by atoms with Crippen molar-refractivity contribution in [1.82, 2.24) is 0 Å². The number of hydrogen-bond donors (Lipinski definition) is 1. The fourth-order valence-corrected chi connectivity index (χ4v) is 2.76. The van der Waals surface area contributed by atoms with Crippen molar-refractivity contribution < 1.29 is 0 Å². The number of benzene rings is 1. The van der Waals surface area contributed by atoms with Gasteiger partial charge in [0.05, 0.1) is 0 Å². The molecule has 2 rings (SSSR count). The first kappa shape index (κ1) is 11.0. The van der Waals surface area contributed by atoms with Crippen LogP contribution in [0.15, 0.2) is 22.7 Å².